The summed E-state index contributed by atoms with van der Waals surface area (Å²) in [7, 11) is 0. The van der Waals surface area contributed by atoms with Gasteiger partial charge in [0.05, 0.1) is 17.7 Å². The fraction of sp³-hybridized carbons (Fsp3) is 0.538. The lowest BCUT2D eigenvalue weighted by Crippen LogP contribution is -2.45. The van der Waals surface area contributed by atoms with Crippen molar-refractivity contribution >= 4 is 15.9 Å². The van der Waals surface area contributed by atoms with Gasteiger partial charge in [0.1, 0.15) is 18.5 Å². The topological polar surface area (TPSA) is 41.9 Å². The van der Waals surface area contributed by atoms with Crippen LogP contribution in [0, 0.1) is 0 Å². The summed E-state index contributed by atoms with van der Waals surface area (Å²) in [5.74, 6) is 0.834. The van der Waals surface area contributed by atoms with E-state index in [-0.39, 0.29) is 12.7 Å². The monoisotopic (exact) mass is 315 g/mol. The first-order valence-electron chi connectivity index (χ1n) is 6.11. The number of hydrogen-bond acceptors (Lipinski definition) is 4. The second-order valence-corrected chi connectivity index (χ2v) is 5.11. The number of halogens is 1. The van der Waals surface area contributed by atoms with E-state index in [1.165, 1.54) is 0 Å². The molecular weight excluding hydrogens is 298 g/mol. The molecule has 0 aromatic heterocycles. The summed E-state index contributed by atoms with van der Waals surface area (Å²) in [6.07, 6.45) is 0.0670. The van der Waals surface area contributed by atoms with Crippen LogP contribution in [0.4, 0.5) is 0 Å². The maximum Gasteiger partial charge on any atom is 0.133 e. The van der Waals surface area contributed by atoms with E-state index >= 15 is 0 Å². The van der Waals surface area contributed by atoms with Gasteiger partial charge in [0, 0.05) is 19.6 Å². The summed E-state index contributed by atoms with van der Waals surface area (Å²) in [5.41, 5.74) is 0. The largest absolute Gasteiger partial charge is 0.490 e. The second kappa shape index (κ2) is 7.09. The number of benzene rings is 1. The van der Waals surface area contributed by atoms with Crippen LogP contribution in [-0.2, 0) is 4.74 Å². The summed E-state index contributed by atoms with van der Waals surface area (Å²) >= 11 is 3.45. The minimum atomic E-state index is 0.0670. The highest BCUT2D eigenvalue weighted by Crippen LogP contribution is 2.24. The molecule has 1 aromatic carbocycles. The molecule has 0 unspecified atom stereocenters. The molecule has 1 saturated heterocycles. The number of para-hydroxylation sites is 1. The summed E-state index contributed by atoms with van der Waals surface area (Å²) in [5, 5.41) is 8.93. The zero-order valence-electron chi connectivity index (χ0n) is 10.2. The zero-order valence-corrected chi connectivity index (χ0v) is 11.8. The van der Waals surface area contributed by atoms with Gasteiger partial charge < -0.3 is 14.6 Å². The van der Waals surface area contributed by atoms with Crippen LogP contribution in [0.15, 0.2) is 28.7 Å². The Morgan fingerprint density at radius 1 is 1.44 bits per heavy atom. The van der Waals surface area contributed by atoms with Gasteiger partial charge in [-0.2, -0.15) is 0 Å². The Kier molecular flexibility index (Phi) is 5.44. The highest BCUT2D eigenvalue weighted by atomic mass is 79.9. The standard InChI is InChI=1S/C13H18BrNO3/c14-12-3-1-2-4-13(12)18-10-11-9-15(5-7-16)6-8-17-11/h1-4,11,16H,5-10H2/t11-/m0/s1. The van der Waals surface area contributed by atoms with Gasteiger partial charge in [-0.1, -0.05) is 12.1 Å². The molecule has 1 atom stereocenters. The Labute approximate surface area is 116 Å². The van der Waals surface area contributed by atoms with Gasteiger partial charge in [-0.25, -0.2) is 0 Å². The van der Waals surface area contributed by atoms with Crippen LogP contribution in [0.5, 0.6) is 5.75 Å². The van der Waals surface area contributed by atoms with E-state index < -0.39 is 0 Å². The maximum absolute atomic E-state index is 8.93. The Balaban J connectivity index is 1.81. The van der Waals surface area contributed by atoms with Gasteiger partial charge in [-0.05, 0) is 28.1 Å². The van der Waals surface area contributed by atoms with E-state index in [1.54, 1.807) is 0 Å². The van der Waals surface area contributed by atoms with Crippen molar-refractivity contribution in [1.29, 1.82) is 0 Å². The molecule has 0 radical (unpaired) electrons. The average Bonchev–Trinajstić information content (AvgIpc) is 2.39. The van der Waals surface area contributed by atoms with E-state index in [4.69, 9.17) is 14.6 Å². The lowest BCUT2D eigenvalue weighted by molar-refractivity contribution is -0.0509. The number of hydrogen-bond donors (Lipinski definition) is 1. The van der Waals surface area contributed by atoms with Gasteiger partial charge in [-0.15, -0.1) is 0 Å². The number of aliphatic hydroxyl groups is 1. The lowest BCUT2D eigenvalue weighted by atomic mass is 10.3. The second-order valence-electron chi connectivity index (χ2n) is 4.26. The lowest BCUT2D eigenvalue weighted by Gasteiger charge is -2.32. The molecule has 100 valence electrons. The molecule has 1 aliphatic heterocycles. The number of rotatable bonds is 5. The molecule has 4 nitrogen and oxygen atoms in total. The maximum atomic E-state index is 8.93. The van der Waals surface area contributed by atoms with Crippen LogP contribution in [0.2, 0.25) is 0 Å². The molecule has 1 N–H and O–H groups in total. The van der Waals surface area contributed by atoms with E-state index in [0.29, 0.717) is 19.8 Å². The normalized spacial score (nSPS) is 20.9. The minimum absolute atomic E-state index is 0.0670. The molecule has 18 heavy (non-hydrogen) atoms. The SMILES string of the molecule is OCCN1CCO[C@H](COc2ccccc2Br)C1. The third-order valence-corrected chi connectivity index (χ3v) is 3.56. The molecule has 5 heteroatoms. The Hall–Kier alpha value is -0.620. The summed E-state index contributed by atoms with van der Waals surface area (Å²) < 4.78 is 12.3. The van der Waals surface area contributed by atoms with Crippen LogP contribution < -0.4 is 4.74 Å². The Morgan fingerprint density at radius 3 is 3.06 bits per heavy atom. The molecule has 0 saturated carbocycles. The molecular formula is C13H18BrNO3. The number of morpholine rings is 1. The van der Waals surface area contributed by atoms with Crippen molar-refractivity contribution in [3.63, 3.8) is 0 Å². The van der Waals surface area contributed by atoms with Gasteiger partial charge in [0.25, 0.3) is 0 Å². The highest BCUT2D eigenvalue weighted by molar-refractivity contribution is 9.10. The smallest absolute Gasteiger partial charge is 0.133 e. The first-order chi connectivity index (χ1) is 8.79. The first-order valence-corrected chi connectivity index (χ1v) is 6.91. The number of nitrogens with zero attached hydrogens (tertiary/aromatic N) is 1. The zero-order chi connectivity index (χ0) is 12.8. The quantitative estimate of drug-likeness (QED) is 0.894. The van der Waals surface area contributed by atoms with Crippen molar-refractivity contribution in [2.75, 3.05) is 39.5 Å². The highest BCUT2D eigenvalue weighted by Gasteiger charge is 2.20. The van der Waals surface area contributed by atoms with E-state index in [2.05, 4.69) is 20.8 Å². The molecule has 0 spiro atoms. The number of ether oxygens (including phenoxy) is 2. The van der Waals surface area contributed by atoms with Crippen LogP contribution >= 0.6 is 15.9 Å². The predicted octanol–water partition coefficient (Wildman–Crippen LogP) is 1.52. The van der Waals surface area contributed by atoms with Crippen molar-refractivity contribution in [3.8, 4) is 5.75 Å². The first kappa shape index (κ1) is 13.8. The summed E-state index contributed by atoms with van der Waals surface area (Å²) in [6, 6.07) is 7.78. The molecule has 1 fully saturated rings. The van der Waals surface area contributed by atoms with E-state index in [9.17, 15) is 0 Å². The fourth-order valence-corrected chi connectivity index (χ4v) is 2.37. The minimum Gasteiger partial charge on any atom is -0.490 e. The van der Waals surface area contributed by atoms with Crippen molar-refractivity contribution < 1.29 is 14.6 Å². The van der Waals surface area contributed by atoms with E-state index in [1.807, 2.05) is 24.3 Å². The van der Waals surface area contributed by atoms with Crippen LogP contribution in [0.1, 0.15) is 0 Å². The molecule has 1 aromatic rings. The molecule has 2 rings (SSSR count). The fourth-order valence-electron chi connectivity index (χ4n) is 1.97. The van der Waals surface area contributed by atoms with E-state index in [0.717, 1.165) is 23.3 Å². The summed E-state index contributed by atoms with van der Waals surface area (Å²) in [6.45, 7) is 3.82. The predicted molar refractivity (Wildman–Crippen MR) is 72.9 cm³/mol. The van der Waals surface area contributed by atoms with Gasteiger partial charge >= 0.3 is 0 Å². The van der Waals surface area contributed by atoms with Crippen molar-refractivity contribution in [2.24, 2.45) is 0 Å². The third-order valence-electron chi connectivity index (χ3n) is 2.90. The summed E-state index contributed by atoms with van der Waals surface area (Å²) in [4.78, 5) is 2.19. The number of aliphatic hydroxyl groups excluding tert-OH is 1. The molecule has 1 aliphatic rings. The van der Waals surface area contributed by atoms with Gasteiger partial charge in [0.2, 0.25) is 0 Å². The molecule has 0 aliphatic carbocycles. The molecule has 0 bridgehead atoms. The van der Waals surface area contributed by atoms with Crippen molar-refractivity contribution in [3.05, 3.63) is 28.7 Å². The molecule has 1 heterocycles. The van der Waals surface area contributed by atoms with Crippen LogP contribution in [0.3, 0.4) is 0 Å². The van der Waals surface area contributed by atoms with Crippen molar-refractivity contribution in [1.82, 2.24) is 4.90 Å². The number of β-amino-alcohol motifs (C(OH)–C–C–N with tert-alkyl or cyclic N) is 1. The Morgan fingerprint density at radius 2 is 2.28 bits per heavy atom. The molecule has 0 amide bonds. The van der Waals surface area contributed by atoms with Crippen molar-refractivity contribution in [2.45, 2.75) is 6.10 Å². The van der Waals surface area contributed by atoms with Crippen LogP contribution in [-0.4, -0.2) is 55.6 Å². The van der Waals surface area contributed by atoms with Crippen LogP contribution in [0.25, 0.3) is 0 Å². The average molecular weight is 316 g/mol. The van der Waals surface area contributed by atoms with Gasteiger partial charge in [0.15, 0.2) is 0 Å². The van der Waals surface area contributed by atoms with Gasteiger partial charge in [-0.3, -0.25) is 4.90 Å². The Bertz CT molecular complexity index is 373. The third kappa shape index (κ3) is 3.95.